The standard InChI is InChI=1S/C23H31NO3/c1-11-10-14-12(2)18-15-8-9-16(25)21-23(15,13(3)22(4,5)24(18)6)17(14)20(27-21)19(11)26-7/h10,12-13,15,18,21H,8-9H2,1-7H3/t12?,13?,15-,18+,21-,23-/m0/s1/i6D3. The molecule has 2 aliphatic heterocycles. The molecule has 146 valence electrons. The van der Waals surface area contributed by atoms with Crippen molar-refractivity contribution in [2.45, 2.75) is 76.5 Å². The molecule has 0 radical (unpaired) electrons. The quantitative estimate of drug-likeness (QED) is 0.751. The Morgan fingerprint density at radius 1 is 1.37 bits per heavy atom. The van der Waals surface area contributed by atoms with E-state index < -0.39 is 24.0 Å². The van der Waals surface area contributed by atoms with Crippen LogP contribution in [0.2, 0.25) is 0 Å². The molecule has 1 saturated carbocycles. The molecular weight excluding hydrogens is 338 g/mol. The molecule has 4 aliphatic rings. The Bertz CT molecular complexity index is 956. The minimum atomic E-state index is -2.21. The van der Waals surface area contributed by atoms with Crippen molar-refractivity contribution in [3.8, 4) is 11.5 Å². The fourth-order valence-corrected chi connectivity index (χ4v) is 7.02. The zero-order valence-electron chi connectivity index (χ0n) is 20.1. The van der Waals surface area contributed by atoms with Crippen LogP contribution in [0.4, 0.5) is 0 Å². The highest BCUT2D eigenvalue weighted by Gasteiger charge is 2.72. The van der Waals surface area contributed by atoms with Crippen LogP contribution in [0.15, 0.2) is 6.07 Å². The highest BCUT2D eigenvalue weighted by atomic mass is 16.5. The van der Waals surface area contributed by atoms with Crippen molar-refractivity contribution in [3.63, 3.8) is 0 Å². The fraction of sp³-hybridized carbons (Fsp3) is 0.696. The second-order valence-electron chi connectivity index (χ2n) is 9.59. The summed E-state index contributed by atoms with van der Waals surface area (Å²) in [7, 11) is 1.65. The maximum atomic E-state index is 13.2. The molecule has 1 spiro atoms. The monoisotopic (exact) mass is 372 g/mol. The number of carbonyl (C=O) groups excluding carboxylic acids is 1. The van der Waals surface area contributed by atoms with Crippen LogP contribution in [0.25, 0.3) is 0 Å². The average Bonchev–Trinajstić information content (AvgIpc) is 2.99. The van der Waals surface area contributed by atoms with Crippen molar-refractivity contribution in [2.75, 3.05) is 14.1 Å². The van der Waals surface area contributed by atoms with E-state index in [1.165, 1.54) is 0 Å². The molecule has 1 saturated heterocycles. The molecule has 2 aliphatic carbocycles. The fourth-order valence-electron chi connectivity index (χ4n) is 7.02. The van der Waals surface area contributed by atoms with Gasteiger partial charge in [-0.3, -0.25) is 9.69 Å². The number of nitrogens with zero attached hydrogens (tertiary/aromatic N) is 1. The van der Waals surface area contributed by atoms with Crippen LogP contribution in [0.5, 0.6) is 11.5 Å². The first-order chi connectivity index (χ1) is 13.9. The van der Waals surface area contributed by atoms with Crippen LogP contribution >= 0.6 is 0 Å². The summed E-state index contributed by atoms with van der Waals surface area (Å²) < 4.78 is 37.5. The normalized spacial score (nSPS) is 43.3. The highest BCUT2D eigenvalue weighted by Crippen LogP contribution is 2.69. The SMILES string of the molecule is [2H]C([2H])([2H])N1[C@@H]2C(C)c3cc(C)c(OC)c4c3[C@@]3(C(C)C1(C)C)[C@@H](O4)C(=O)CC[C@@H]23. The van der Waals surface area contributed by atoms with E-state index in [9.17, 15) is 4.79 Å². The van der Waals surface area contributed by atoms with Crippen molar-refractivity contribution < 1.29 is 18.4 Å². The molecule has 1 aromatic carbocycles. The lowest BCUT2D eigenvalue weighted by Crippen LogP contribution is -2.75. The lowest BCUT2D eigenvalue weighted by Gasteiger charge is -2.67. The number of rotatable bonds is 1. The van der Waals surface area contributed by atoms with Gasteiger partial charge >= 0.3 is 0 Å². The van der Waals surface area contributed by atoms with Gasteiger partial charge in [-0.2, -0.15) is 0 Å². The predicted molar refractivity (Wildman–Crippen MR) is 105 cm³/mol. The van der Waals surface area contributed by atoms with Gasteiger partial charge < -0.3 is 9.47 Å². The third-order valence-electron chi connectivity index (χ3n) is 8.48. The minimum Gasteiger partial charge on any atom is -0.493 e. The summed E-state index contributed by atoms with van der Waals surface area (Å²) in [4.78, 5) is 15.0. The number of hydrogen-bond donors (Lipinski definition) is 0. The van der Waals surface area contributed by atoms with Gasteiger partial charge in [0.05, 0.1) is 12.5 Å². The van der Waals surface area contributed by atoms with Gasteiger partial charge in [0, 0.05) is 27.7 Å². The van der Waals surface area contributed by atoms with Crippen molar-refractivity contribution in [1.82, 2.24) is 4.90 Å². The number of piperidine rings is 1. The Hall–Kier alpha value is -1.55. The molecule has 2 fully saturated rings. The summed E-state index contributed by atoms with van der Waals surface area (Å²) in [5.74, 6) is 1.54. The lowest BCUT2D eigenvalue weighted by molar-refractivity contribution is -0.161. The molecule has 2 bridgehead atoms. The van der Waals surface area contributed by atoms with Crippen LogP contribution in [0.1, 0.15) is 67.3 Å². The molecule has 4 heteroatoms. The summed E-state index contributed by atoms with van der Waals surface area (Å²) in [6, 6.07) is 1.97. The molecule has 0 aromatic heterocycles. The van der Waals surface area contributed by atoms with Gasteiger partial charge in [0.25, 0.3) is 0 Å². The van der Waals surface area contributed by atoms with Crippen molar-refractivity contribution in [2.24, 2.45) is 11.8 Å². The number of ether oxygens (including phenoxy) is 2. The highest BCUT2D eigenvalue weighted by molar-refractivity contribution is 5.89. The van der Waals surface area contributed by atoms with Crippen LogP contribution in [-0.2, 0) is 10.2 Å². The molecule has 4 nitrogen and oxygen atoms in total. The number of methoxy groups -OCH3 is 1. The zero-order valence-corrected chi connectivity index (χ0v) is 17.1. The van der Waals surface area contributed by atoms with Crippen LogP contribution in [-0.4, -0.2) is 42.5 Å². The van der Waals surface area contributed by atoms with Gasteiger partial charge in [0.1, 0.15) is 0 Å². The van der Waals surface area contributed by atoms with Crippen LogP contribution < -0.4 is 9.47 Å². The van der Waals surface area contributed by atoms with E-state index in [4.69, 9.17) is 13.6 Å². The van der Waals surface area contributed by atoms with E-state index in [1.807, 2.05) is 20.8 Å². The molecule has 27 heavy (non-hydrogen) atoms. The molecule has 2 heterocycles. The molecule has 1 aromatic rings. The van der Waals surface area contributed by atoms with Gasteiger partial charge in [0.15, 0.2) is 23.4 Å². The Labute approximate surface area is 166 Å². The molecule has 0 N–H and O–H groups in total. The van der Waals surface area contributed by atoms with E-state index in [1.54, 1.807) is 12.0 Å². The average molecular weight is 373 g/mol. The molecular formula is C23H31NO3. The van der Waals surface area contributed by atoms with E-state index in [0.717, 1.165) is 16.7 Å². The third-order valence-corrected chi connectivity index (χ3v) is 8.48. The Balaban J connectivity index is 1.91. The molecule has 6 atom stereocenters. The van der Waals surface area contributed by atoms with Gasteiger partial charge in [-0.1, -0.05) is 19.9 Å². The van der Waals surface area contributed by atoms with Crippen LogP contribution in [0.3, 0.4) is 0 Å². The number of benzene rings is 1. The van der Waals surface area contributed by atoms with Crippen molar-refractivity contribution in [3.05, 3.63) is 22.8 Å². The topological polar surface area (TPSA) is 38.8 Å². The van der Waals surface area contributed by atoms with Crippen molar-refractivity contribution in [1.29, 1.82) is 0 Å². The summed E-state index contributed by atoms with van der Waals surface area (Å²) in [6.45, 7) is 8.10. The second-order valence-corrected chi connectivity index (χ2v) is 9.59. The first kappa shape index (κ1) is 14.4. The summed E-state index contributed by atoms with van der Waals surface area (Å²) in [6.07, 6.45) is 0.576. The Kier molecular flexibility index (Phi) is 2.72. The molecule has 2 unspecified atom stereocenters. The Morgan fingerprint density at radius 3 is 2.78 bits per heavy atom. The maximum Gasteiger partial charge on any atom is 0.174 e. The Morgan fingerprint density at radius 2 is 2.11 bits per heavy atom. The number of ketones is 1. The number of carbonyl (C=O) groups is 1. The maximum absolute atomic E-state index is 13.2. The molecule has 0 amide bonds. The third kappa shape index (κ3) is 1.69. The smallest absolute Gasteiger partial charge is 0.174 e. The summed E-state index contributed by atoms with van der Waals surface area (Å²) in [5, 5.41) is 0. The number of likely N-dealkylation sites (tertiary alicyclic amines) is 1. The number of Topliss-reactive ketones (excluding diaryl/α,β-unsaturated/α-hetero) is 1. The van der Waals surface area contributed by atoms with E-state index in [0.29, 0.717) is 24.3 Å². The molecule has 5 rings (SSSR count). The first-order valence-electron chi connectivity index (χ1n) is 11.6. The zero-order chi connectivity index (χ0) is 22.0. The van der Waals surface area contributed by atoms with Gasteiger partial charge in [0.2, 0.25) is 0 Å². The number of likely N-dealkylation sites (N-methyl/N-ethyl adjacent to an activating group) is 1. The summed E-state index contributed by atoms with van der Waals surface area (Å²) >= 11 is 0. The lowest BCUT2D eigenvalue weighted by atomic mass is 9.43. The largest absolute Gasteiger partial charge is 0.493 e. The van der Waals surface area contributed by atoms with E-state index in [2.05, 4.69) is 19.9 Å². The van der Waals surface area contributed by atoms with E-state index >= 15 is 0 Å². The van der Waals surface area contributed by atoms with Gasteiger partial charge in [-0.05, 0) is 63.0 Å². The summed E-state index contributed by atoms with van der Waals surface area (Å²) in [5.41, 5.74) is 2.06. The second kappa shape index (κ2) is 5.08. The first-order valence-corrected chi connectivity index (χ1v) is 10.1. The van der Waals surface area contributed by atoms with Crippen LogP contribution in [0, 0.1) is 18.8 Å². The van der Waals surface area contributed by atoms with Gasteiger partial charge in [-0.25, -0.2) is 0 Å². The van der Waals surface area contributed by atoms with Gasteiger partial charge in [-0.15, -0.1) is 0 Å². The van der Waals surface area contributed by atoms with E-state index in [-0.39, 0.29) is 29.6 Å². The van der Waals surface area contributed by atoms with Crippen molar-refractivity contribution >= 4 is 5.78 Å². The number of hydrogen-bond acceptors (Lipinski definition) is 4. The number of aryl methyl sites for hydroxylation is 1. The minimum absolute atomic E-state index is 0.0178. The predicted octanol–water partition coefficient (Wildman–Crippen LogP) is 3.83.